The van der Waals surface area contributed by atoms with Crippen LogP contribution >= 0.6 is 22.7 Å². The van der Waals surface area contributed by atoms with Gasteiger partial charge in [-0.3, -0.25) is 0 Å². The van der Waals surface area contributed by atoms with Gasteiger partial charge in [-0.1, -0.05) is 103 Å². The van der Waals surface area contributed by atoms with Crippen molar-refractivity contribution in [3.05, 3.63) is 140 Å². The van der Waals surface area contributed by atoms with Gasteiger partial charge in [0.05, 0.1) is 16.1 Å². The second-order valence-electron chi connectivity index (χ2n) is 9.72. The highest BCUT2D eigenvalue weighted by Gasteiger charge is 2.24. The molecule has 0 N–H and O–H groups in total. The molecule has 0 saturated heterocycles. The van der Waals surface area contributed by atoms with Gasteiger partial charge in [0.25, 0.3) is 0 Å². The molecule has 0 aliphatic heterocycles. The fraction of sp³-hybridized carbons (Fsp3) is 0. The minimum atomic E-state index is 1.16. The molecule has 0 saturated carbocycles. The summed E-state index contributed by atoms with van der Waals surface area (Å²) in [6.45, 7) is 0. The van der Waals surface area contributed by atoms with E-state index in [-0.39, 0.29) is 0 Å². The molecule has 2 heterocycles. The molecule has 0 atom stereocenters. The minimum absolute atomic E-state index is 1.16. The molecule has 8 rings (SSSR count). The van der Waals surface area contributed by atoms with Crippen molar-refractivity contribution >= 4 is 80.1 Å². The van der Waals surface area contributed by atoms with E-state index in [9.17, 15) is 0 Å². The average Bonchev–Trinajstić information content (AvgIpc) is 3.57. The van der Waals surface area contributed by atoms with Crippen molar-refractivity contribution in [2.24, 2.45) is 0 Å². The smallest absolute Gasteiger partial charge is 0.0718 e. The van der Waals surface area contributed by atoms with Crippen molar-refractivity contribution < 1.29 is 0 Å². The van der Waals surface area contributed by atoms with Gasteiger partial charge in [0, 0.05) is 46.9 Å². The van der Waals surface area contributed by atoms with Crippen molar-refractivity contribution in [2.75, 3.05) is 4.90 Å². The number of hydrogen-bond acceptors (Lipinski definition) is 3. The third-order valence-electron chi connectivity index (χ3n) is 7.46. The maximum atomic E-state index is 2.50. The SMILES string of the molecule is c1ccc(-c2ccc3c(sc4ccccc43)c2N(c2ccccc2)c2cccc3sc4ccccc4c23)cc1. The average molecular weight is 534 g/mol. The molecule has 1 nitrogen and oxygen atoms in total. The Morgan fingerprint density at radius 3 is 1.87 bits per heavy atom. The number of anilines is 3. The van der Waals surface area contributed by atoms with Crippen molar-refractivity contribution in [3.8, 4) is 11.1 Å². The van der Waals surface area contributed by atoms with Crippen LogP contribution in [0.1, 0.15) is 0 Å². The van der Waals surface area contributed by atoms with Crippen LogP contribution in [0.15, 0.2) is 140 Å². The van der Waals surface area contributed by atoms with Crippen LogP contribution in [-0.4, -0.2) is 0 Å². The number of para-hydroxylation sites is 1. The first-order valence-electron chi connectivity index (χ1n) is 13.1. The van der Waals surface area contributed by atoms with Crippen molar-refractivity contribution in [2.45, 2.75) is 0 Å². The molecule has 8 aromatic rings. The van der Waals surface area contributed by atoms with Crippen LogP contribution in [0.5, 0.6) is 0 Å². The van der Waals surface area contributed by atoms with Gasteiger partial charge in [0.1, 0.15) is 0 Å². The Morgan fingerprint density at radius 2 is 1.08 bits per heavy atom. The number of nitrogens with zero attached hydrogens (tertiary/aromatic N) is 1. The summed E-state index contributed by atoms with van der Waals surface area (Å²) in [5, 5.41) is 5.22. The van der Waals surface area contributed by atoms with E-state index in [1.165, 1.54) is 62.8 Å². The number of rotatable bonds is 4. The highest BCUT2D eigenvalue weighted by Crippen LogP contribution is 2.51. The summed E-state index contributed by atoms with van der Waals surface area (Å²) in [5.74, 6) is 0. The van der Waals surface area contributed by atoms with Crippen LogP contribution in [0.4, 0.5) is 17.1 Å². The first-order chi connectivity index (χ1) is 19.4. The summed E-state index contributed by atoms with van der Waals surface area (Å²) in [5.41, 5.74) is 6.04. The lowest BCUT2D eigenvalue weighted by molar-refractivity contribution is 1.32. The van der Waals surface area contributed by atoms with Gasteiger partial charge in [-0.15, -0.1) is 22.7 Å². The standard InChI is InChI=1S/C36H23NS2/c1-3-12-24(13-4-1)26-22-23-28-27-16-7-9-19-31(27)39-36(28)35(26)37(25-14-5-2-6-15-25)30-18-11-21-33-34(30)29-17-8-10-20-32(29)38-33/h1-23H. The van der Waals surface area contributed by atoms with Gasteiger partial charge >= 0.3 is 0 Å². The summed E-state index contributed by atoms with van der Waals surface area (Å²) in [4.78, 5) is 2.50. The zero-order valence-electron chi connectivity index (χ0n) is 21.0. The quantitative estimate of drug-likeness (QED) is 0.217. The first kappa shape index (κ1) is 22.5. The topological polar surface area (TPSA) is 3.24 Å². The predicted octanol–water partition coefficient (Wildman–Crippen LogP) is 11.6. The molecule has 2 aromatic heterocycles. The molecule has 0 aliphatic carbocycles. The monoisotopic (exact) mass is 533 g/mol. The molecular formula is C36H23NS2. The molecule has 0 amide bonds. The highest BCUT2D eigenvalue weighted by atomic mass is 32.1. The molecule has 0 spiro atoms. The van der Waals surface area contributed by atoms with Crippen LogP contribution in [0.2, 0.25) is 0 Å². The van der Waals surface area contributed by atoms with E-state index in [0.29, 0.717) is 0 Å². The lowest BCUT2D eigenvalue weighted by Gasteiger charge is -2.29. The molecular weight excluding hydrogens is 511 g/mol. The van der Waals surface area contributed by atoms with Crippen LogP contribution in [0.3, 0.4) is 0 Å². The normalized spacial score (nSPS) is 11.6. The molecule has 3 heteroatoms. The Kier molecular flexibility index (Phi) is 5.25. The third kappa shape index (κ3) is 3.59. The van der Waals surface area contributed by atoms with Gasteiger partial charge in [-0.25, -0.2) is 0 Å². The first-order valence-corrected chi connectivity index (χ1v) is 14.8. The maximum absolute atomic E-state index is 2.50. The molecule has 0 aliphatic rings. The summed E-state index contributed by atoms with van der Waals surface area (Å²) in [6.07, 6.45) is 0. The third-order valence-corrected chi connectivity index (χ3v) is 9.79. The van der Waals surface area contributed by atoms with Crippen molar-refractivity contribution in [1.29, 1.82) is 0 Å². The van der Waals surface area contributed by atoms with E-state index in [2.05, 4.69) is 144 Å². The van der Waals surface area contributed by atoms with E-state index >= 15 is 0 Å². The fourth-order valence-electron chi connectivity index (χ4n) is 5.76. The fourth-order valence-corrected chi connectivity index (χ4v) is 8.12. The number of hydrogen-bond donors (Lipinski definition) is 0. The summed E-state index contributed by atoms with van der Waals surface area (Å²) < 4.78 is 5.24. The predicted molar refractivity (Wildman–Crippen MR) is 172 cm³/mol. The van der Waals surface area contributed by atoms with Gasteiger partial charge in [-0.2, -0.15) is 0 Å². The molecule has 0 radical (unpaired) electrons. The van der Waals surface area contributed by atoms with E-state index in [1.807, 2.05) is 22.7 Å². The lowest BCUT2D eigenvalue weighted by Crippen LogP contribution is -2.11. The summed E-state index contributed by atoms with van der Waals surface area (Å²) in [6, 6.07) is 50.6. The summed E-state index contributed by atoms with van der Waals surface area (Å²) >= 11 is 3.75. The number of thiophene rings is 2. The van der Waals surface area contributed by atoms with Gasteiger partial charge in [0.15, 0.2) is 0 Å². The van der Waals surface area contributed by atoms with Crippen LogP contribution < -0.4 is 4.90 Å². The van der Waals surface area contributed by atoms with Crippen molar-refractivity contribution in [3.63, 3.8) is 0 Å². The van der Waals surface area contributed by atoms with E-state index in [1.54, 1.807) is 0 Å². The Hall–Kier alpha value is -4.44. The minimum Gasteiger partial charge on any atom is -0.308 e. The largest absolute Gasteiger partial charge is 0.308 e. The molecule has 6 aromatic carbocycles. The maximum Gasteiger partial charge on any atom is 0.0718 e. The Bertz CT molecular complexity index is 2120. The molecule has 39 heavy (non-hydrogen) atoms. The van der Waals surface area contributed by atoms with Crippen molar-refractivity contribution in [1.82, 2.24) is 0 Å². The molecule has 0 unspecified atom stereocenters. The van der Waals surface area contributed by atoms with E-state index in [4.69, 9.17) is 0 Å². The van der Waals surface area contributed by atoms with E-state index < -0.39 is 0 Å². The lowest BCUT2D eigenvalue weighted by atomic mass is 9.98. The van der Waals surface area contributed by atoms with Gasteiger partial charge in [-0.05, 0) is 42.0 Å². The van der Waals surface area contributed by atoms with Crippen LogP contribution in [-0.2, 0) is 0 Å². The molecule has 0 fully saturated rings. The molecule has 0 bridgehead atoms. The second kappa shape index (κ2) is 9.09. The Morgan fingerprint density at radius 1 is 0.436 bits per heavy atom. The van der Waals surface area contributed by atoms with Gasteiger partial charge in [0.2, 0.25) is 0 Å². The van der Waals surface area contributed by atoms with E-state index in [0.717, 1.165) is 5.69 Å². The number of fused-ring (bicyclic) bond motifs is 6. The number of benzene rings is 6. The van der Waals surface area contributed by atoms with Gasteiger partial charge < -0.3 is 4.90 Å². The van der Waals surface area contributed by atoms with Crippen LogP contribution in [0, 0.1) is 0 Å². The zero-order chi connectivity index (χ0) is 25.8. The van der Waals surface area contributed by atoms with Crippen LogP contribution in [0.25, 0.3) is 51.5 Å². The summed E-state index contributed by atoms with van der Waals surface area (Å²) in [7, 11) is 0. The second-order valence-corrected chi connectivity index (χ2v) is 11.9. The Labute approximate surface area is 234 Å². The molecule has 184 valence electrons. The highest BCUT2D eigenvalue weighted by molar-refractivity contribution is 7.26. The zero-order valence-corrected chi connectivity index (χ0v) is 22.7. The Balaban J connectivity index is 1.55.